The van der Waals surface area contributed by atoms with E-state index in [1.165, 1.54) is 11.9 Å². The maximum absolute atomic E-state index is 5.95. The molecule has 0 N–H and O–H groups in total. The van der Waals surface area contributed by atoms with Gasteiger partial charge in [-0.1, -0.05) is 49.2 Å². The molecule has 2 rings (SSSR count). The van der Waals surface area contributed by atoms with E-state index in [9.17, 15) is 0 Å². The lowest BCUT2D eigenvalue weighted by molar-refractivity contribution is 0.921. The quantitative estimate of drug-likeness (QED) is 0.818. The first kappa shape index (κ1) is 11.0. The zero-order chi connectivity index (χ0) is 11.4. The predicted molar refractivity (Wildman–Crippen MR) is 64.3 cm³/mol. The minimum atomic E-state index is 0.387. The van der Waals surface area contributed by atoms with Gasteiger partial charge in [0.2, 0.25) is 0 Å². The zero-order valence-electron chi connectivity index (χ0n) is 9.02. The number of aromatic nitrogens is 3. The van der Waals surface area contributed by atoms with Gasteiger partial charge in [-0.3, -0.25) is 0 Å². The van der Waals surface area contributed by atoms with Crippen LogP contribution in [0.3, 0.4) is 0 Å². The first-order chi connectivity index (χ1) is 7.81. The summed E-state index contributed by atoms with van der Waals surface area (Å²) in [6, 6.07) is 8.18. The molecule has 1 heterocycles. The van der Waals surface area contributed by atoms with Crippen molar-refractivity contribution in [1.29, 1.82) is 0 Å². The number of hydrogen-bond acceptors (Lipinski definition) is 3. The van der Waals surface area contributed by atoms with E-state index < -0.39 is 0 Å². The molecular weight excluding hydrogens is 222 g/mol. The second-order valence-electron chi connectivity index (χ2n) is 3.55. The Labute approximate surface area is 99.5 Å². The van der Waals surface area contributed by atoms with Crippen LogP contribution in [-0.4, -0.2) is 15.2 Å². The zero-order valence-corrected chi connectivity index (χ0v) is 9.78. The molecule has 0 fully saturated rings. The van der Waals surface area contributed by atoms with Crippen LogP contribution >= 0.6 is 11.6 Å². The van der Waals surface area contributed by atoms with E-state index >= 15 is 0 Å². The van der Waals surface area contributed by atoms with E-state index in [0.29, 0.717) is 10.8 Å². The monoisotopic (exact) mass is 233 g/mol. The Hall–Kier alpha value is -1.48. The van der Waals surface area contributed by atoms with E-state index in [-0.39, 0.29) is 0 Å². The van der Waals surface area contributed by atoms with Crippen molar-refractivity contribution in [3.63, 3.8) is 0 Å². The molecule has 4 heteroatoms. The molecule has 0 atom stereocenters. The van der Waals surface area contributed by atoms with Crippen LogP contribution in [0.2, 0.25) is 5.15 Å². The Morgan fingerprint density at radius 1 is 1.19 bits per heavy atom. The maximum Gasteiger partial charge on any atom is 0.159 e. The molecule has 2 aromatic rings. The molecule has 1 aromatic carbocycles. The average Bonchev–Trinajstić information content (AvgIpc) is 2.31. The van der Waals surface area contributed by atoms with Gasteiger partial charge in [-0.15, -0.1) is 10.2 Å². The van der Waals surface area contributed by atoms with Gasteiger partial charge < -0.3 is 0 Å². The highest BCUT2D eigenvalue weighted by Gasteiger charge is 2.05. The van der Waals surface area contributed by atoms with Crippen LogP contribution in [0.1, 0.15) is 18.9 Å². The molecule has 0 aliphatic heterocycles. The first-order valence-electron chi connectivity index (χ1n) is 5.23. The van der Waals surface area contributed by atoms with Crippen molar-refractivity contribution < 1.29 is 0 Å². The molecule has 0 saturated heterocycles. The number of halogens is 1. The fourth-order valence-electron chi connectivity index (χ4n) is 1.56. The Balaban J connectivity index is 2.31. The van der Waals surface area contributed by atoms with Crippen LogP contribution in [0.4, 0.5) is 0 Å². The molecule has 0 amide bonds. The van der Waals surface area contributed by atoms with E-state index in [1.54, 1.807) is 0 Å². The van der Waals surface area contributed by atoms with Crippen LogP contribution in [0.5, 0.6) is 0 Å². The van der Waals surface area contributed by atoms with Crippen molar-refractivity contribution in [2.24, 2.45) is 0 Å². The average molecular weight is 234 g/mol. The Morgan fingerprint density at radius 3 is 2.56 bits per heavy atom. The van der Waals surface area contributed by atoms with Crippen LogP contribution in [0.25, 0.3) is 11.3 Å². The molecule has 3 nitrogen and oxygen atoms in total. The summed E-state index contributed by atoms with van der Waals surface area (Å²) in [4.78, 5) is 3.91. The minimum absolute atomic E-state index is 0.387. The summed E-state index contributed by atoms with van der Waals surface area (Å²) in [7, 11) is 0. The highest BCUT2D eigenvalue weighted by molar-refractivity contribution is 6.31. The van der Waals surface area contributed by atoms with Crippen molar-refractivity contribution in [1.82, 2.24) is 15.2 Å². The molecule has 0 spiro atoms. The number of aryl methyl sites for hydroxylation is 1. The number of nitrogens with zero attached hydrogens (tertiary/aromatic N) is 3. The van der Waals surface area contributed by atoms with E-state index in [4.69, 9.17) is 11.6 Å². The molecule has 1 aromatic heterocycles. The normalized spacial score (nSPS) is 10.4. The number of benzene rings is 1. The minimum Gasteiger partial charge on any atom is -0.220 e. The second-order valence-corrected chi connectivity index (χ2v) is 3.90. The van der Waals surface area contributed by atoms with Crippen molar-refractivity contribution in [2.75, 3.05) is 0 Å². The lowest BCUT2D eigenvalue weighted by atomic mass is 10.1. The summed E-state index contributed by atoms with van der Waals surface area (Å²) in [6.07, 6.45) is 3.58. The lowest BCUT2D eigenvalue weighted by Crippen LogP contribution is -1.91. The van der Waals surface area contributed by atoms with Crippen LogP contribution < -0.4 is 0 Å². The summed E-state index contributed by atoms with van der Waals surface area (Å²) < 4.78 is 0. The number of hydrogen-bond donors (Lipinski definition) is 0. The molecule has 0 unspecified atom stereocenters. The standard InChI is InChI=1S/C12H12ClN3/c1-2-3-9-4-6-10(7-5-9)11-12(13)14-8-15-16-11/h4-8H,2-3H2,1H3. The summed E-state index contributed by atoms with van der Waals surface area (Å²) in [5, 5.41) is 8.10. The predicted octanol–water partition coefficient (Wildman–Crippen LogP) is 3.14. The molecule has 0 aliphatic rings. The van der Waals surface area contributed by atoms with Gasteiger partial charge in [-0.2, -0.15) is 0 Å². The highest BCUT2D eigenvalue weighted by Crippen LogP contribution is 2.22. The molecule has 16 heavy (non-hydrogen) atoms. The van der Waals surface area contributed by atoms with Gasteiger partial charge >= 0.3 is 0 Å². The van der Waals surface area contributed by atoms with Crippen LogP contribution in [-0.2, 0) is 6.42 Å². The van der Waals surface area contributed by atoms with Gasteiger partial charge in [0.05, 0.1) is 0 Å². The van der Waals surface area contributed by atoms with Gasteiger partial charge in [0.15, 0.2) is 5.15 Å². The smallest absolute Gasteiger partial charge is 0.159 e. The summed E-state index contributed by atoms with van der Waals surface area (Å²) in [5.74, 6) is 0. The van der Waals surface area contributed by atoms with Crippen molar-refractivity contribution in [2.45, 2.75) is 19.8 Å². The molecule has 0 aliphatic carbocycles. The van der Waals surface area contributed by atoms with Gasteiger partial charge in [0.25, 0.3) is 0 Å². The molecular formula is C12H12ClN3. The van der Waals surface area contributed by atoms with Gasteiger partial charge in [0.1, 0.15) is 12.0 Å². The Kier molecular flexibility index (Phi) is 3.47. The largest absolute Gasteiger partial charge is 0.220 e. The fraction of sp³-hybridized carbons (Fsp3) is 0.250. The fourth-order valence-corrected chi connectivity index (χ4v) is 1.75. The summed E-state index contributed by atoms with van der Waals surface area (Å²) in [6.45, 7) is 2.16. The SMILES string of the molecule is CCCc1ccc(-c2nncnc2Cl)cc1. The third-order valence-electron chi connectivity index (χ3n) is 2.34. The third kappa shape index (κ3) is 2.36. The van der Waals surface area contributed by atoms with E-state index in [0.717, 1.165) is 18.4 Å². The molecule has 0 saturated carbocycles. The van der Waals surface area contributed by atoms with Gasteiger partial charge in [0, 0.05) is 5.56 Å². The molecule has 82 valence electrons. The van der Waals surface area contributed by atoms with Crippen molar-refractivity contribution >= 4 is 11.6 Å². The molecule has 0 bridgehead atoms. The van der Waals surface area contributed by atoms with Crippen LogP contribution in [0.15, 0.2) is 30.6 Å². The topological polar surface area (TPSA) is 38.7 Å². The third-order valence-corrected chi connectivity index (χ3v) is 2.62. The Bertz CT molecular complexity index is 468. The van der Waals surface area contributed by atoms with E-state index in [1.807, 2.05) is 12.1 Å². The van der Waals surface area contributed by atoms with E-state index in [2.05, 4.69) is 34.2 Å². The first-order valence-corrected chi connectivity index (χ1v) is 5.61. The number of rotatable bonds is 3. The van der Waals surface area contributed by atoms with Gasteiger partial charge in [-0.05, 0) is 12.0 Å². The Morgan fingerprint density at radius 2 is 1.94 bits per heavy atom. The van der Waals surface area contributed by atoms with Crippen molar-refractivity contribution in [3.05, 3.63) is 41.3 Å². The maximum atomic E-state index is 5.95. The molecule has 0 radical (unpaired) electrons. The van der Waals surface area contributed by atoms with Gasteiger partial charge in [-0.25, -0.2) is 4.98 Å². The van der Waals surface area contributed by atoms with Crippen molar-refractivity contribution in [3.8, 4) is 11.3 Å². The second kappa shape index (κ2) is 5.03. The van der Waals surface area contributed by atoms with Crippen LogP contribution in [0, 0.1) is 0 Å². The lowest BCUT2D eigenvalue weighted by Gasteiger charge is -2.03. The highest BCUT2D eigenvalue weighted by atomic mass is 35.5. The summed E-state index contributed by atoms with van der Waals surface area (Å²) in [5.41, 5.74) is 2.90. The summed E-state index contributed by atoms with van der Waals surface area (Å²) >= 11 is 5.95.